The Morgan fingerprint density at radius 3 is 2.55 bits per heavy atom. The third-order valence-corrected chi connectivity index (χ3v) is 3.57. The third-order valence-electron chi connectivity index (χ3n) is 3.23. The number of nitrogens with one attached hydrogen (secondary N) is 1. The number of hydrogen-bond donors (Lipinski definition) is 2. The van der Waals surface area contributed by atoms with Crippen molar-refractivity contribution >= 4 is 28.9 Å². The molecule has 5 heteroatoms. The molecule has 0 aliphatic rings. The molecule has 4 nitrogen and oxygen atoms in total. The molecule has 0 bridgehead atoms. The molecule has 1 amide bonds. The number of aryl methyl sites for hydroxylation is 1. The van der Waals surface area contributed by atoms with Crippen molar-refractivity contribution in [3.05, 3.63) is 53.1 Å². The van der Waals surface area contributed by atoms with Crippen LogP contribution in [-0.4, -0.2) is 12.0 Å². The van der Waals surface area contributed by atoms with E-state index in [4.69, 9.17) is 22.1 Å². The Bertz CT molecular complexity index is 656. The van der Waals surface area contributed by atoms with Crippen molar-refractivity contribution in [1.82, 2.24) is 0 Å². The highest BCUT2D eigenvalue weighted by Crippen LogP contribution is 2.23. The predicted molar refractivity (Wildman–Crippen MR) is 90.4 cm³/mol. The average molecular weight is 319 g/mol. The van der Waals surface area contributed by atoms with Crippen molar-refractivity contribution in [2.75, 3.05) is 11.1 Å². The van der Waals surface area contributed by atoms with Gasteiger partial charge in [0.15, 0.2) is 6.10 Å². The predicted octanol–water partition coefficient (Wildman–Crippen LogP) is 4.03. The molecule has 0 saturated heterocycles. The number of anilines is 2. The van der Waals surface area contributed by atoms with Crippen LogP contribution in [0.25, 0.3) is 0 Å². The van der Waals surface area contributed by atoms with Gasteiger partial charge in [-0.05, 0) is 43.7 Å². The van der Waals surface area contributed by atoms with E-state index in [2.05, 4.69) is 5.32 Å². The maximum atomic E-state index is 12.3. The van der Waals surface area contributed by atoms with Crippen LogP contribution in [0.5, 0.6) is 5.75 Å². The van der Waals surface area contributed by atoms with E-state index in [1.807, 2.05) is 38.1 Å². The van der Waals surface area contributed by atoms with Crippen LogP contribution in [0.2, 0.25) is 5.02 Å². The summed E-state index contributed by atoms with van der Waals surface area (Å²) in [7, 11) is 0. The fraction of sp³-hybridized carbons (Fsp3) is 0.235. The topological polar surface area (TPSA) is 64.3 Å². The molecule has 0 spiro atoms. The molecule has 22 heavy (non-hydrogen) atoms. The summed E-state index contributed by atoms with van der Waals surface area (Å²) >= 11 is 5.86. The van der Waals surface area contributed by atoms with Crippen LogP contribution in [0.3, 0.4) is 0 Å². The molecule has 0 aliphatic carbocycles. The number of amides is 1. The first-order valence-corrected chi connectivity index (χ1v) is 7.46. The van der Waals surface area contributed by atoms with Crippen molar-refractivity contribution in [3.63, 3.8) is 0 Å². The average Bonchev–Trinajstić information content (AvgIpc) is 2.50. The van der Waals surface area contributed by atoms with Gasteiger partial charge in [0.05, 0.1) is 10.7 Å². The van der Waals surface area contributed by atoms with E-state index in [9.17, 15) is 4.79 Å². The number of rotatable bonds is 5. The summed E-state index contributed by atoms with van der Waals surface area (Å²) in [6, 6.07) is 12.6. The lowest BCUT2D eigenvalue weighted by Gasteiger charge is -2.17. The molecule has 2 aromatic rings. The smallest absolute Gasteiger partial charge is 0.265 e. The normalized spacial score (nSPS) is 11.8. The SMILES string of the molecule is CC[C@H](Oc1ccc(C)cc1)C(=O)Nc1ccc(Cl)c(N)c1. The molecular formula is C17H19ClN2O2. The maximum absolute atomic E-state index is 12.3. The Labute approximate surface area is 135 Å². The van der Waals surface area contributed by atoms with E-state index in [1.54, 1.807) is 18.2 Å². The number of carbonyl (C=O) groups excluding carboxylic acids is 1. The summed E-state index contributed by atoms with van der Waals surface area (Å²) in [6.07, 6.45) is -0.0115. The van der Waals surface area contributed by atoms with Crippen molar-refractivity contribution in [2.24, 2.45) is 0 Å². The van der Waals surface area contributed by atoms with E-state index >= 15 is 0 Å². The Hall–Kier alpha value is -2.20. The van der Waals surface area contributed by atoms with Gasteiger partial charge < -0.3 is 15.8 Å². The second kappa shape index (κ2) is 7.18. The van der Waals surface area contributed by atoms with Gasteiger partial charge in [-0.15, -0.1) is 0 Å². The Balaban J connectivity index is 2.04. The second-order valence-electron chi connectivity index (χ2n) is 5.05. The fourth-order valence-corrected chi connectivity index (χ4v) is 2.07. The monoisotopic (exact) mass is 318 g/mol. The highest BCUT2D eigenvalue weighted by atomic mass is 35.5. The number of hydrogen-bond acceptors (Lipinski definition) is 3. The lowest BCUT2D eigenvalue weighted by Crippen LogP contribution is -2.32. The minimum absolute atomic E-state index is 0.218. The van der Waals surface area contributed by atoms with Crippen molar-refractivity contribution in [1.29, 1.82) is 0 Å². The molecule has 3 N–H and O–H groups in total. The fourth-order valence-electron chi connectivity index (χ4n) is 1.95. The number of carbonyl (C=O) groups is 1. The summed E-state index contributed by atoms with van der Waals surface area (Å²) < 4.78 is 5.74. The van der Waals surface area contributed by atoms with Crippen LogP contribution in [0.1, 0.15) is 18.9 Å². The van der Waals surface area contributed by atoms with E-state index in [0.717, 1.165) is 5.56 Å². The first-order valence-electron chi connectivity index (χ1n) is 7.09. The van der Waals surface area contributed by atoms with Crippen molar-refractivity contribution < 1.29 is 9.53 Å². The molecule has 0 fully saturated rings. The van der Waals surface area contributed by atoms with E-state index in [-0.39, 0.29) is 5.91 Å². The standard InChI is InChI=1S/C17H19ClN2O2/c1-3-16(22-13-7-4-11(2)5-8-13)17(21)20-12-6-9-14(18)15(19)10-12/h4-10,16H,3,19H2,1-2H3,(H,20,21)/t16-/m0/s1. The van der Waals surface area contributed by atoms with Gasteiger partial charge >= 0.3 is 0 Å². The van der Waals surface area contributed by atoms with Gasteiger partial charge in [0.25, 0.3) is 5.91 Å². The molecule has 1 atom stereocenters. The van der Waals surface area contributed by atoms with Crippen LogP contribution in [0.4, 0.5) is 11.4 Å². The summed E-state index contributed by atoms with van der Waals surface area (Å²) in [4.78, 5) is 12.3. The first-order chi connectivity index (χ1) is 10.5. The summed E-state index contributed by atoms with van der Waals surface area (Å²) in [5.41, 5.74) is 7.89. The minimum atomic E-state index is -0.570. The molecule has 2 aromatic carbocycles. The number of halogens is 1. The lowest BCUT2D eigenvalue weighted by atomic mass is 10.2. The number of benzene rings is 2. The van der Waals surface area contributed by atoms with Gasteiger partial charge in [-0.2, -0.15) is 0 Å². The first kappa shape index (κ1) is 16.2. The van der Waals surface area contributed by atoms with E-state index in [0.29, 0.717) is 28.6 Å². The van der Waals surface area contributed by atoms with Gasteiger partial charge in [-0.3, -0.25) is 4.79 Å². The largest absolute Gasteiger partial charge is 0.481 e. The quantitative estimate of drug-likeness (QED) is 0.818. The second-order valence-corrected chi connectivity index (χ2v) is 5.46. The van der Waals surface area contributed by atoms with Crippen molar-refractivity contribution in [2.45, 2.75) is 26.4 Å². The molecule has 0 radical (unpaired) electrons. The van der Waals surface area contributed by atoms with Crippen LogP contribution in [0, 0.1) is 6.92 Å². The molecule has 0 unspecified atom stereocenters. The number of nitrogen functional groups attached to an aromatic ring is 1. The Kier molecular flexibility index (Phi) is 5.28. The van der Waals surface area contributed by atoms with Gasteiger partial charge in [0, 0.05) is 5.69 Å². The Morgan fingerprint density at radius 1 is 1.27 bits per heavy atom. The number of nitrogens with two attached hydrogens (primary N) is 1. The van der Waals surface area contributed by atoms with Gasteiger partial charge in [0.2, 0.25) is 0 Å². The molecule has 2 rings (SSSR count). The van der Waals surface area contributed by atoms with Crippen LogP contribution in [0.15, 0.2) is 42.5 Å². The van der Waals surface area contributed by atoms with Gasteiger partial charge in [-0.1, -0.05) is 36.2 Å². The molecular weight excluding hydrogens is 300 g/mol. The summed E-state index contributed by atoms with van der Waals surface area (Å²) in [5, 5.41) is 3.25. The van der Waals surface area contributed by atoms with Crippen LogP contribution < -0.4 is 15.8 Å². The van der Waals surface area contributed by atoms with E-state index in [1.165, 1.54) is 0 Å². The van der Waals surface area contributed by atoms with Crippen LogP contribution >= 0.6 is 11.6 Å². The third kappa shape index (κ3) is 4.15. The number of ether oxygens (including phenoxy) is 1. The molecule has 0 aromatic heterocycles. The zero-order chi connectivity index (χ0) is 16.1. The zero-order valence-electron chi connectivity index (χ0n) is 12.6. The zero-order valence-corrected chi connectivity index (χ0v) is 13.4. The van der Waals surface area contributed by atoms with E-state index < -0.39 is 6.10 Å². The van der Waals surface area contributed by atoms with Gasteiger partial charge in [-0.25, -0.2) is 0 Å². The molecule has 0 heterocycles. The molecule has 0 saturated carbocycles. The maximum Gasteiger partial charge on any atom is 0.265 e. The van der Waals surface area contributed by atoms with Gasteiger partial charge in [0.1, 0.15) is 5.75 Å². The Morgan fingerprint density at radius 2 is 1.95 bits per heavy atom. The molecule has 0 aliphatic heterocycles. The highest BCUT2D eigenvalue weighted by Gasteiger charge is 2.18. The van der Waals surface area contributed by atoms with Crippen molar-refractivity contribution in [3.8, 4) is 5.75 Å². The lowest BCUT2D eigenvalue weighted by molar-refractivity contribution is -0.122. The minimum Gasteiger partial charge on any atom is -0.481 e. The highest BCUT2D eigenvalue weighted by molar-refractivity contribution is 6.33. The summed E-state index contributed by atoms with van der Waals surface area (Å²) in [6.45, 7) is 3.90. The van der Waals surface area contributed by atoms with Crippen LogP contribution in [-0.2, 0) is 4.79 Å². The molecule has 116 valence electrons. The summed E-state index contributed by atoms with van der Waals surface area (Å²) in [5.74, 6) is 0.452.